The minimum absolute atomic E-state index is 0. The van der Waals surface area contributed by atoms with E-state index >= 15 is 0 Å². The SMILES string of the molecule is CSCC[C@H](NC(=O)c1ccc(CN(Cc2cc(F)cc(F)c2)c2ccc(C(O)c3ccccc3)cc2)cc1-c1ccccc1C)C(=O)[O-].[Li+]. The van der Waals surface area contributed by atoms with Crippen molar-refractivity contribution in [3.05, 3.63) is 160 Å². The van der Waals surface area contributed by atoms with Crippen molar-refractivity contribution in [2.75, 3.05) is 16.9 Å². The van der Waals surface area contributed by atoms with Gasteiger partial charge in [-0.25, -0.2) is 8.78 Å². The molecule has 1 amide bonds. The van der Waals surface area contributed by atoms with Gasteiger partial charge in [-0.1, -0.05) is 72.8 Å². The second-order valence-electron chi connectivity index (χ2n) is 11.9. The van der Waals surface area contributed by atoms with Crippen molar-refractivity contribution in [2.45, 2.75) is 38.6 Å². The number of benzene rings is 5. The Balaban J connectivity index is 0.00000562. The van der Waals surface area contributed by atoms with Crippen LogP contribution in [0.5, 0.6) is 0 Å². The van der Waals surface area contributed by atoms with E-state index in [0.717, 1.165) is 34.0 Å². The summed E-state index contributed by atoms with van der Waals surface area (Å²) >= 11 is 1.48. The van der Waals surface area contributed by atoms with Gasteiger partial charge in [0.2, 0.25) is 0 Å². The minimum atomic E-state index is -1.34. The van der Waals surface area contributed by atoms with Gasteiger partial charge < -0.3 is 25.2 Å². The second kappa shape index (κ2) is 18.0. The monoisotopic (exact) mass is 686 g/mol. The number of hydrogen-bond acceptors (Lipinski definition) is 6. The molecule has 6 nitrogen and oxygen atoms in total. The molecule has 252 valence electrons. The summed E-state index contributed by atoms with van der Waals surface area (Å²) in [5.74, 6) is -2.69. The van der Waals surface area contributed by atoms with Crippen molar-refractivity contribution in [2.24, 2.45) is 0 Å². The van der Waals surface area contributed by atoms with Gasteiger partial charge in [0.05, 0.1) is 12.0 Å². The summed E-state index contributed by atoms with van der Waals surface area (Å²) in [6, 6.07) is 31.9. The molecule has 0 bridgehead atoms. The van der Waals surface area contributed by atoms with E-state index in [9.17, 15) is 28.6 Å². The number of halogens is 2. The molecule has 0 aliphatic heterocycles. The van der Waals surface area contributed by atoms with E-state index in [0.29, 0.717) is 34.6 Å². The number of carbonyl (C=O) groups is 2. The molecule has 0 radical (unpaired) electrons. The van der Waals surface area contributed by atoms with Crippen LogP contribution in [0.4, 0.5) is 14.5 Å². The van der Waals surface area contributed by atoms with E-state index in [4.69, 9.17) is 0 Å². The fraction of sp³-hybridized carbons (Fsp3) is 0.200. The van der Waals surface area contributed by atoms with Crippen LogP contribution in [-0.2, 0) is 17.9 Å². The molecule has 5 aromatic carbocycles. The van der Waals surface area contributed by atoms with Crippen LogP contribution in [-0.4, -0.2) is 35.0 Å². The number of hydrogen-bond donors (Lipinski definition) is 2. The van der Waals surface area contributed by atoms with Crippen molar-refractivity contribution < 1.29 is 47.4 Å². The van der Waals surface area contributed by atoms with Crippen LogP contribution in [0.25, 0.3) is 11.1 Å². The number of carboxylic acids is 1. The Morgan fingerprint density at radius 3 is 2.06 bits per heavy atom. The number of nitrogens with zero attached hydrogens (tertiary/aromatic N) is 1. The first-order chi connectivity index (χ1) is 23.6. The van der Waals surface area contributed by atoms with Gasteiger partial charge in [0.25, 0.3) is 5.91 Å². The standard InChI is InChI=1S/C40H38F2N2O4S.Li/c1-26-8-6-7-11-34(26)36-22-27(12-17-35(36)39(46)43-37(40(47)48)18-19-49-2)24-44(25-28-20-31(41)23-32(42)21-28)33-15-13-30(14-16-33)38(45)29-9-4-3-5-10-29;/h3-17,20-23,37-38,45H,18-19,24-25H2,1-2H3,(H,43,46)(H,47,48);/q;+1/p-1/t37-,38?;/m0./s1. The molecule has 0 saturated heterocycles. The molecule has 5 rings (SSSR count). The zero-order valence-corrected chi connectivity index (χ0v) is 29.1. The van der Waals surface area contributed by atoms with Gasteiger partial charge >= 0.3 is 18.9 Å². The normalized spacial score (nSPS) is 12.0. The molecule has 0 fully saturated rings. The van der Waals surface area contributed by atoms with Gasteiger partial charge in [0, 0.05) is 30.4 Å². The van der Waals surface area contributed by atoms with Crippen LogP contribution in [0.15, 0.2) is 115 Å². The number of aliphatic hydroxyl groups is 1. The Kier molecular flexibility index (Phi) is 13.8. The molecule has 0 aliphatic carbocycles. The van der Waals surface area contributed by atoms with E-state index in [-0.39, 0.29) is 31.8 Å². The molecular weight excluding hydrogens is 649 g/mol. The number of aryl methyl sites for hydroxylation is 1. The zero-order chi connectivity index (χ0) is 34.9. The van der Waals surface area contributed by atoms with Gasteiger partial charge in [-0.3, -0.25) is 4.79 Å². The Morgan fingerprint density at radius 2 is 1.42 bits per heavy atom. The van der Waals surface area contributed by atoms with Crippen molar-refractivity contribution in [3.8, 4) is 11.1 Å². The molecule has 1 unspecified atom stereocenters. The topological polar surface area (TPSA) is 92.7 Å². The van der Waals surface area contributed by atoms with Crippen LogP contribution in [0.3, 0.4) is 0 Å². The second-order valence-corrected chi connectivity index (χ2v) is 12.8. The first-order valence-electron chi connectivity index (χ1n) is 15.9. The predicted molar refractivity (Wildman–Crippen MR) is 189 cm³/mol. The van der Waals surface area contributed by atoms with Crippen molar-refractivity contribution >= 4 is 29.3 Å². The van der Waals surface area contributed by atoms with Crippen molar-refractivity contribution in [1.82, 2.24) is 5.32 Å². The third-order valence-corrected chi connectivity index (χ3v) is 8.97. The minimum Gasteiger partial charge on any atom is -0.548 e. The molecule has 10 heteroatoms. The van der Waals surface area contributed by atoms with E-state index in [2.05, 4.69) is 5.32 Å². The van der Waals surface area contributed by atoms with Gasteiger partial charge in [-0.05, 0) is 101 Å². The molecule has 2 N–H and O–H groups in total. The van der Waals surface area contributed by atoms with Gasteiger partial charge in [-0.2, -0.15) is 11.8 Å². The van der Waals surface area contributed by atoms with E-state index in [1.807, 2.05) is 103 Å². The summed E-state index contributed by atoms with van der Waals surface area (Å²) in [6.45, 7) is 2.40. The third kappa shape index (κ3) is 9.86. The number of rotatable bonds is 14. The van der Waals surface area contributed by atoms with Gasteiger partial charge in [0.1, 0.15) is 17.7 Å². The molecule has 2 atom stereocenters. The molecule has 0 spiro atoms. The van der Waals surface area contributed by atoms with E-state index < -0.39 is 35.7 Å². The smallest absolute Gasteiger partial charge is 0.548 e. The number of carbonyl (C=O) groups excluding carboxylic acids is 2. The molecular formula is C40H37F2LiN2O4S. The Labute approximate surface area is 307 Å². The zero-order valence-electron chi connectivity index (χ0n) is 28.2. The first kappa shape index (κ1) is 38.4. The van der Waals surface area contributed by atoms with E-state index in [1.54, 1.807) is 12.1 Å². The number of aliphatic carboxylic acids is 1. The summed E-state index contributed by atoms with van der Waals surface area (Å²) in [5, 5.41) is 25.4. The first-order valence-corrected chi connectivity index (χ1v) is 17.2. The summed E-state index contributed by atoms with van der Waals surface area (Å²) < 4.78 is 28.5. The largest absolute Gasteiger partial charge is 1.00 e. The summed E-state index contributed by atoms with van der Waals surface area (Å²) in [5.41, 5.74) is 6.09. The average Bonchev–Trinajstić information content (AvgIpc) is 3.09. The number of nitrogens with one attached hydrogen (secondary N) is 1. The maximum atomic E-state index is 14.3. The van der Waals surface area contributed by atoms with Crippen molar-refractivity contribution in [3.63, 3.8) is 0 Å². The number of carboxylic acid groups (broad SMARTS) is 1. The molecule has 0 heterocycles. The van der Waals surface area contributed by atoms with Crippen molar-refractivity contribution in [1.29, 1.82) is 0 Å². The fourth-order valence-electron chi connectivity index (χ4n) is 5.78. The fourth-order valence-corrected chi connectivity index (χ4v) is 6.25. The quantitative estimate of drug-likeness (QED) is 0.173. The van der Waals surface area contributed by atoms with Gasteiger partial charge in [0.15, 0.2) is 0 Å². The van der Waals surface area contributed by atoms with Gasteiger partial charge in [-0.15, -0.1) is 0 Å². The van der Waals surface area contributed by atoms with Crippen LogP contribution in [0.2, 0.25) is 0 Å². The average molecular weight is 687 g/mol. The van der Waals surface area contributed by atoms with Crippen LogP contribution in [0.1, 0.15) is 50.7 Å². The van der Waals surface area contributed by atoms with Crippen LogP contribution in [0, 0.1) is 18.6 Å². The van der Waals surface area contributed by atoms with Crippen LogP contribution < -0.4 is 34.2 Å². The number of aliphatic hydroxyl groups excluding tert-OH is 1. The molecule has 5 aromatic rings. The maximum absolute atomic E-state index is 14.3. The molecule has 0 saturated carbocycles. The third-order valence-electron chi connectivity index (χ3n) is 8.32. The molecule has 50 heavy (non-hydrogen) atoms. The summed E-state index contributed by atoms with van der Waals surface area (Å²) in [7, 11) is 0. The molecule has 0 aliphatic rings. The summed E-state index contributed by atoms with van der Waals surface area (Å²) in [6.07, 6.45) is 1.26. The maximum Gasteiger partial charge on any atom is 1.00 e. The Bertz CT molecular complexity index is 1890. The Hall–Kier alpha value is -4.39. The number of anilines is 1. The van der Waals surface area contributed by atoms with Crippen LogP contribution >= 0.6 is 11.8 Å². The summed E-state index contributed by atoms with van der Waals surface area (Å²) in [4.78, 5) is 27.3. The molecule has 0 aromatic heterocycles. The van der Waals surface area contributed by atoms with E-state index in [1.165, 1.54) is 23.9 Å². The number of amides is 1. The Morgan fingerprint density at radius 1 is 0.800 bits per heavy atom. The predicted octanol–water partition coefficient (Wildman–Crippen LogP) is 3.83. The number of thioether (sulfide) groups is 1.